The van der Waals surface area contributed by atoms with E-state index in [4.69, 9.17) is 37.0 Å². The highest BCUT2D eigenvalue weighted by Crippen LogP contribution is 2.45. The lowest BCUT2D eigenvalue weighted by Gasteiger charge is -2.21. The highest BCUT2D eigenvalue weighted by molar-refractivity contribution is 7.47. The van der Waals surface area contributed by atoms with E-state index < -0.39 is 97.5 Å². The number of aliphatic hydroxyl groups is 1. The van der Waals surface area contributed by atoms with Crippen molar-refractivity contribution in [1.82, 2.24) is 0 Å². The summed E-state index contributed by atoms with van der Waals surface area (Å²) in [5.74, 6) is 1.06. The van der Waals surface area contributed by atoms with Crippen LogP contribution in [0.15, 0.2) is 0 Å². The Morgan fingerprint density at radius 1 is 0.262 bits per heavy atom. The number of carbonyl (C=O) groups is 4. The molecule has 0 fully saturated rings. The first kappa shape index (κ1) is 105. The smallest absolute Gasteiger partial charge is 0.462 e. The van der Waals surface area contributed by atoms with E-state index in [9.17, 15) is 43.2 Å². The number of carbonyl (C=O) groups excluding carboxylic acids is 4. The van der Waals surface area contributed by atoms with Gasteiger partial charge in [0.25, 0.3) is 0 Å². The van der Waals surface area contributed by atoms with Crippen molar-refractivity contribution >= 4 is 39.5 Å². The van der Waals surface area contributed by atoms with Crippen molar-refractivity contribution in [3.8, 4) is 0 Å². The van der Waals surface area contributed by atoms with Crippen LogP contribution in [-0.4, -0.2) is 96.7 Å². The Labute approximate surface area is 658 Å². The fraction of sp³-hybridized carbons (Fsp3) is 0.955. The maximum absolute atomic E-state index is 13.1. The molecule has 19 heteroatoms. The number of unbranched alkanes of at least 4 members (excludes halogenated alkanes) is 50. The van der Waals surface area contributed by atoms with E-state index >= 15 is 0 Å². The lowest BCUT2D eigenvalue weighted by Crippen LogP contribution is -2.30. The maximum atomic E-state index is 13.1. The summed E-state index contributed by atoms with van der Waals surface area (Å²) in [4.78, 5) is 73.2. The van der Waals surface area contributed by atoms with Crippen LogP contribution in [0.3, 0.4) is 0 Å². The molecule has 636 valence electrons. The van der Waals surface area contributed by atoms with Crippen LogP contribution in [0.5, 0.6) is 0 Å². The third-order valence-electron chi connectivity index (χ3n) is 20.9. The SMILES string of the molecule is CCC(C)CCCCCCCCCCCCCCCCCCCCC(=O)O[C@H](COC(=O)CCCCCCCCCC(C)C)COP(=O)(O)OCC(O)COP(=O)(O)OC[C@@H](COC(=O)CCCCCCCCCCCCCC(C)C)OC(=O)CCCCCCCCCCCCCCCCCCCCC(C)C. The number of phosphoric acid groups is 2. The van der Waals surface area contributed by atoms with Crippen LogP contribution in [-0.2, 0) is 65.4 Å². The van der Waals surface area contributed by atoms with Crippen molar-refractivity contribution in [3.63, 3.8) is 0 Å². The molecule has 107 heavy (non-hydrogen) atoms. The van der Waals surface area contributed by atoms with E-state index in [2.05, 4.69) is 55.4 Å². The van der Waals surface area contributed by atoms with Gasteiger partial charge in [-0.25, -0.2) is 9.13 Å². The molecule has 0 aromatic rings. The molecule has 0 aromatic carbocycles. The minimum atomic E-state index is -4.97. The van der Waals surface area contributed by atoms with E-state index in [0.717, 1.165) is 114 Å². The Hall–Kier alpha value is -1.94. The summed E-state index contributed by atoms with van der Waals surface area (Å²) in [7, 11) is -9.93. The van der Waals surface area contributed by atoms with Crippen LogP contribution in [0.25, 0.3) is 0 Å². The van der Waals surface area contributed by atoms with Crippen molar-refractivity contribution in [2.24, 2.45) is 23.7 Å². The Bertz CT molecular complexity index is 2080. The second-order valence-electron chi connectivity index (χ2n) is 33.3. The molecule has 0 aliphatic heterocycles. The Morgan fingerprint density at radius 2 is 0.449 bits per heavy atom. The van der Waals surface area contributed by atoms with Crippen molar-refractivity contribution in [3.05, 3.63) is 0 Å². The fourth-order valence-electron chi connectivity index (χ4n) is 13.6. The van der Waals surface area contributed by atoms with Gasteiger partial charge in [0.15, 0.2) is 12.2 Å². The Balaban J connectivity index is 5.19. The molecule has 0 spiro atoms. The molecule has 3 N–H and O–H groups in total. The molecule has 0 saturated carbocycles. The lowest BCUT2D eigenvalue weighted by molar-refractivity contribution is -0.161. The minimum Gasteiger partial charge on any atom is -0.462 e. The second kappa shape index (κ2) is 76.7. The monoisotopic (exact) mass is 1560 g/mol. The number of esters is 4. The number of rotatable bonds is 85. The number of ether oxygens (including phenoxy) is 4. The molecule has 0 aliphatic rings. The minimum absolute atomic E-state index is 0.107. The van der Waals surface area contributed by atoms with Crippen LogP contribution in [0, 0.1) is 23.7 Å². The zero-order chi connectivity index (χ0) is 78.8. The van der Waals surface area contributed by atoms with Gasteiger partial charge < -0.3 is 33.8 Å². The third kappa shape index (κ3) is 80.5. The van der Waals surface area contributed by atoms with E-state index in [1.54, 1.807) is 0 Å². The summed E-state index contributed by atoms with van der Waals surface area (Å²) in [6, 6.07) is 0. The van der Waals surface area contributed by atoms with Crippen molar-refractivity contribution < 1.29 is 80.2 Å². The quantitative estimate of drug-likeness (QED) is 0.0222. The first-order valence-electron chi connectivity index (χ1n) is 45.2. The summed E-state index contributed by atoms with van der Waals surface area (Å²) < 4.78 is 68.9. The topological polar surface area (TPSA) is 237 Å². The first-order valence-corrected chi connectivity index (χ1v) is 48.2. The van der Waals surface area contributed by atoms with Crippen LogP contribution in [0.4, 0.5) is 0 Å². The molecule has 17 nitrogen and oxygen atoms in total. The van der Waals surface area contributed by atoms with E-state index in [1.807, 2.05) is 0 Å². The largest absolute Gasteiger partial charge is 0.472 e. The molecule has 0 aliphatic carbocycles. The van der Waals surface area contributed by atoms with Crippen LogP contribution in [0.2, 0.25) is 0 Å². The van der Waals surface area contributed by atoms with E-state index in [0.29, 0.717) is 31.6 Å². The molecule has 0 aromatic heterocycles. The van der Waals surface area contributed by atoms with Gasteiger partial charge in [0.2, 0.25) is 0 Å². The average molecular weight is 1560 g/mol. The van der Waals surface area contributed by atoms with Gasteiger partial charge in [-0.05, 0) is 49.4 Å². The number of hydrogen-bond donors (Lipinski definition) is 3. The Morgan fingerprint density at radius 3 is 0.664 bits per heavy atom. The molecule has 0 saturated heterocycles. The van der Waals surface area contributed by atoms with Gasteiger partial charge in [0.1, 0.15) is 19.3 Å². The summed E-state index contributed by atoms with van der Waals surface area (Å²) >= 11 is 0. The van der Waals surface area contributed by atoms with Gasteiger partial charge in [-0.2, -0.15) is 0 Å². The van der Waals surface area contributed by atoms with E-state index in [1.165, 1.54) is 257 Å². The number of phosphoric ester groups is 2. The number of aliphatic hydroxyl groups excluding tert-OH is 1. The summed E-state index contributed by atoms with van der Waals surface area (Å²) in [6.45, 7) is 14.3. The predicted molar refractivity (Wildman–Crippen MR) is 441 cm³/mol. The molecule has 0 rings (SSSR count). The van der Waals surface area contributed by atoms with E-state index in [-0.39, 0.29) is 25.7 Å². The first-order chi connectivity index (χ1) is 51.6. The standard InChI is InChI=1S/C88H172O17P2/c1-9-81(8)67-59-51-43-35-29-23-19-15-11-13-17-21-25-31-38-46-55-63-71-88(93)105-84(75-99-86(91)69-61-53-47-39-42-50-58-66-80(6)7)77-103-107(96,97)101-73-82(89)72-100-106(94,95)102-76-83(74-98-85(90)68-60-52-44-36-32-26-28-34-41-49-57-65-79(4)5)104-87(92)70-62-54-45-37-30-24-20-16-12-10-14-18-22-27-33-40-48-56-64-78(2)3/h78-84,89H,9-77H2,1-8H3,(H,94,95)(H,96,97)/t81?,82?,83-,84-/m1/s1. The Kier molecular flexibility index (Phi) is 75.3. The second-order valence-corrected chi connectivity index (χ2v) is 36.2. The molecule has 0 heterocycles. The van der Waals surface area contributed by atoms with Gasteiger partial charge in [-0.1, -0.05) is 409 Å². The van der Waals surface area contributed by atoms with Gasteiger partial charge in [0.05, 0.1) is 26.4 Å². The van der Waals surface area contributed by atoms with Gasteiger partial charge in [0, 0.05) is 25.7 Å². The third-order valence-corrected chi connectivity index (χ3v) is 22.8. The molecule has 4 unspecified atom stereocenters. The highest BCUT2D eigenvalue weighted by Gasteiger charge is 2.31. The summed E-state index contributed by atoms with van der Waals surface area (Å²) in [5.41, 5.74) is 0. The molecule has 0 bridgehead atoms. The van der Waals surface area contributed by atoms with Gasteiger partial charge >= 0.3 is 39.5 Å². The lowest BCUT2D eigenvalue weighted by atomic mass is 9.99. The summed E-state index contributed by atoms with van der Waals surface area (Å²) in [5, 5.41) is 10.7. The number of hydrogen-bond acceptors (Lipinski definition) is 15. The molecule has 0 amide bonds. The van der Waals surface area contributed by atoms with Crippen molar-refractivity contribution in [2.75, 3.05) is 39.6 Å². The van der Waals surface area contributed by atoms with Crippen LogP contribution in [0.1, 0.15) is 460 Å². The highest BCUT2D eigenvalue weighted by atomic mass is 31.2. The summed E-state index contributed by atoms with van der Waals surface area (Å²) in [6.07, 6.45) is 66.8. The zero-order valence-electron chi connectivity index (χ0n) is 70.8. The van der Waals surface area contributed by atoms with Crippen LogP contribution < -0.4 is 0 Å². The molecular weight excluding hydrogens is 1390 g/mol. The normalized spacial score (nSPS) is 14.1. The predicted octanol–water partition coefficient (Wildman–Crippen LogP) is 26.7. The maximum Gasteiger partial charge on any atom is 0.472 e. The molecule has 0 radical (unpaired) electrons. The van der Waals surface area contributed by atoms with Crippen molar-refractivity contribution in [2.45, 2.75) is 478 Å². The van der Waals surface area contributed by atoms with Crippen molar-refractivity contribution in [1.29, 1.82) is 0 Å². The molecule has 6 atom stereocenters. The van der Waals surface area contributed by atoms with Crippen LogP contribution >= 0.6 is 15.6 Å². The van der Waals surface area contributed by atoms with Gasteiger partial charge in [-0.15, -0.1) is 0 Å². The molecular formula is C88H172O17P2. The zero-order valence-corrected chi connectivity index (χ0v) is 72.6. The fourth-order valence-corrected chi connectivity index (χ4v) is 15.2. The average Bonchev–Trinajstić information content (AvgIpc) is 0.909. The van der Waals surface area contributed by atoms with Gasteiger partial charge in [-0.3, -0.25) is 37.3 Å².